The van der Waals surface area contributed by atoms with E-state index >= 15 is 0 Å². The van der Waals surface area contributed by atoms with E-state index in [9.17, 15) is 9.36 Å². The Morgan fingerprint density at radius 2 is 1.77 bits per heavy atom. The van der Waals surface area contributed by atoms with Gasteiger partial charge in [-0.2, -0.15) is 4.98 Å². The minimum absolute atomic E-state index is 0.170. The van der Waals surface area contributed by atoms with Crippen LogP contribution in [0.5, 0.6) is 17.4 Å². The highest BCUT2D eigenvalue weighted by Gasteiger charge is 2.26. The van der Waals surface area contributed by atoms with E-state index in [1.807, 2.05) is 36.4 Å². The minimum Gasteiger partial charge on any atom is -0.494 e. The van der Waals surface area contributed by atoms with Crippen LogP contribution < -0.4 is 30.7 Å². The van der Waals surface area contributed by atoms with E-state index < -0.39 is 13.2 Å². The Morgan fingerprint density at radius 3 is 2.44 bits per heavy atom. The topological polar surface area (TPSA) is 124 Å². The van der Waals surface area contributed by atoms with E-state index in [-0.39, 0.29) is 11.5 Å². The molecule has 226 valence electrons. The Hall–Kier alpha value is -4.14. The fourth-order valence-electron chi connectivity index (χ4n) is 4.91. The summed E-state index contributed by atoms with van der Waals surface area (Å²) in [4.78, 5) is 22.2. The first-order valence-corrected chi connectivity index (χ1v) is 16.8. The molecule has 2 amide bonds. The molecule has 3 aromatic carbocycles. The average Bonchev–Trinajstić information content (AvgIpc) is 3.46. The van der Waals surface area contributed by atoms with E-state index in [0.29, 0.717) is 46.6 Å². The lowest BCUT2D eigenvalue weighted by Crippen LogP contribution is -2.23. The lowest BCUT2D eigenvalue weighted by molar-refractivity contribution is 0.195. The van der Waals surface area contributed by atoms with Crippen molar-refractivity contribution < 1.29 is 23.6 Å². The SMILES string of the molecule is COc1c(NC(=O)Nc2ccc(Oc3ccnc(N[C@@H]4CCOC4)n3)c3ccccc23)cc(C(C)(C)C)cc1P(C)(C)=O. The number of aromatic nitrogens is 2. The van der Waals surface area contributed by atoms with Gasteiger partial charge in [-0.1, -0.05) is 45.0 Å². The fourth-order valence-corrected chi connectivity index (χ4v) is 6.06. The van der Waals surface area contributed by atoms with Crippen molar-refractivity contribution in [2.24, 2.45) is 0 Å². The summed E-state index contributed by atoms with van der Waals surface area (Å²) in [6.07, 6.45) is 2.54. The molecule has 1 fully saturated rings. The predicted octanol–water partition coefficient (Wildman–Crippen LogP) is 6.82. The quantitative estimate of drug-likeness (QED) is 0.188. The van der Waals surface area contributed by atoms with Crippen LogP contribution in [0.2, 0.25) is 0 Å². The maximum Gasteiger partial charge on any atom is 0.323 e. The van der Waals surface area contributed by atoms with Gasteiger partial charge in [0.2, 0.25) is 11.8 Å². The average molecular weight is 604 g/mol. The number of fused-ring (bicyclic) bond motifs is 1. The summed E-state index contributed by atoms with van der Waals surface area (Å²) in [5.41, 5.74) is 1.75. The maximum absolute atomic E-state index is 13.4. The zero-order valence-corrected chi connectivity index (χ0v) is 26.2. The molecule has 5 rings (SSSR count). The van der Waals surface area contributed by atoms with Crippen molar-refractivity contribution in [1.82, 2.24) is 9.97 Å². The highest BCUT2D eigenvalue weighted by molar-refractivity contribution is 7.70. The van der Waals surface area contributed by atoms with Crippen molar-refractivity contribution in [2.75, 3.05) is 49.6 Å². The second-order valence-electron chi connectivity index (χ2n) is 11.9. The third kappa shape index (κ3) is 7.09. The lowest BCUT2D eigenvalue weighted by Gasteiger charge is -2.25. The zero-order valence-electron chi connectivity index (χ0n) is 25.4. The van der Waals surface area contributed by atoms with Gasteiger partial charge in [0.1, 0.15) is 12.9 Å². The number of hydrogen-bond acceptors (Lipinski definition) is 8. The Morgan fingerprint density at radius 1 is 1.02 bits per heavy atom. The van der Waals surface area contributed by atoms with Gasteiger partial charge in [-0.15, -0.1) is 0 Å². The molecule has 1 atom stereocenters. The summed E-state index contributed by atoms with van der Waals surface area (Å²) >= 11 is 0. The van der Waals surface area contributed by atoms with Gasteiger partial charge >= 0.3 is 6.03 Å². The van der Waals surface area contributed by atoms with Crippen LogP contribution in [-0.2, 0) is 14.7 Å². The molecule has 0 spiro atoms. The molecule has 0 saturated carbocycles. The monoisotopic (exact) mass is 603 g/mol. The first-order valence-electron chi connectivity index (χ1n) is 14.2. The highest BCUT2D eigenvalue weighted by Crippen LogP contribution is 2.43. The van der Waals surface area contributed by atoms with Crippen LogP contribution >= 0.6 is 7.14 Å². The van der Waals surface area contributed by atoms with Gasteiger partial charge in [0.25, 0.3) is 0 Å². The molecule has 0 bridgehead atoms. The van der Waals surface area contributed by atoms with E-state index in [4.69, 9.17) is 14.2 Å². The smallest absolute Gasteiger partial charge is 0.323 e. The predicted molar refractivity (Wildman–Crippen MR) is 172 cm³/mol. The van der Waals surface area contributed by atoms with Crippen LogP contribution in [0.4, 0.5) is 22.1 Å². The molecule has 3 N–H and O–H groups in total. The van der Waals surface area contributed by atoms with Crippen LogP contribution in [-0.4, -0.2) is 55.7 Å². The fraction of sp³-hybridized carbons (Fsp3) is 0.344. The number of benzene rings is 3. The van der Waals surface area contributed by atoms with Gasteiger partial charge < -0.3 is 34.7 Å². The number of rotatable bonds is 8. The number of nitrogens with one attached hydrogen (secondary N) is 3. The van der Waals surface area contributed by atoms with Gasteiger partial charge in [0.05, 0.1) is 36.4 Å². The first-order chi connectivity index (χ1) is 20.4. The van der Waals surface area contributed by atoms with Gasteiger partial charge in [-0.25, -0.2) is 9.78 Å². The molecule has 4 aromatic rings. The molecule has 2 heterocycles. The molecule has 10 nitrogen and oxygen atoms in total. The molecule has 1 aliphatic rings. The number of methoxy groups -OCH3 is 1. The van der Waals surface area contributed by atoms with Crippen molar-refractivity contribution >= 4 is 46.6 Å². The summed E-state index contributed by atoms with van der Waals surface area (Å²) in [6.45, 7) is 10.9. The first kappa shape index (κ1) is 30.3. The van der Waals surface area contributed by atoms with Crippen molar-refractivity contribution in [2.45, 2.75) is 38.6 Å². The molecule has 11 heteroatoms. The number of hydrogen-bond donors (Lipinski definition) is 3. The van der Waals surface area contributed by atoms with Crippen molar-refractivity contribution in [3.8, 4) is 17.4 Å². The molecule has 0 unspecified atom stereocenters. The van der Waals surface area contributed by atoms with E-state index in [2.05, 4.69) is 46.7 Å². The molecule has 0 radical (unpaired) electrons. The molecule has 1 aliphatic heterocycles. The number of carbonyl (C=O) groups excluding carboxylic acids is 1. The number of anilines is 3. The van der Waals surface area contributed by atoms with Crippen molar-refractivity contribution in [3.63, 3.8) is 0 Å². The number of carbonyl (C=O) groups is 1. The number of amides is 2. The van der Waals surface area contributed by atoms with Crippen LogP contribution in [0.1, 0.15) is 32.8 Å². The molecule has 1 aromatic heterocycles. The number of ether oxygens (including phenoxy) is 3. The van der Waals surface area contributed by atoms with Gasteiger partial charge in [0.15, 0.2) is 5.75 Å². The van der Waals surface area contributed by atoms with E-state index in [1.54, 1.807) is 37.7 Å². The lowest BCUT2D eigenvalue weighted by atomic mass is 9.86. The second-order valence-corrected chi connectivity index (χ2v) is 15.1. The van der Waals surface area contributed by atoms with Gasteiger partial charge in [-0.3, -0.25) is 0 Å². The Labute approximate surface area is 251 Å². The zero-order chi connectivity index (χ0) is 30.8. The summed E-state index contributed by atoms with van der Waals surface area (Å²) in [5, 5.41) is 11.3. The van der Waals surface area contributed by atoms with Crippen molar-refractivity contribution in [1.29, 1.82) is 0 Å². The normalized spacial score (nSPS) is 15.3. The molecular formula is C32H38N5O5P. The number of urea groups is 1. The summed E-state index contributed by atoms with van der Waals surface area (Å²) in [6, 6.07) is 16.4. The van der Waals surface area contributed by atoms with Gasteiger partial charge in [-0.05, 0) is 55.0 Å². The largest absolute Gasteiger partial charge is 0.494 e. The van der Waals surface area contributed by atoms with Crippen molar-refractivity contribution in [3.05, 3.63) is 66.4 Å². The Balaban J connectivity index is 1.40. The third-order valence-electron chi connectivity index (χ3n) is 7.21. The second kappa shape index (κ2) is 12.2. The summed E-state index contributed by atoms with van der Waals surface area (Å²) in [5.74, 6) is 1.85. The summed E-state index contributed by atoms with van der Waals surface area (Å²) in [7, 11) is -1.20. The third-order valence-corrected chi connectivity index (χ3v) is 8.70. The molecule has 0 aliphatic carbocycles. The molecular weight excluding hydrogens is 565 g/mol. The Kier molecular flexibility index (Phi) is 8.62. The van der Waals surface area contributed by atoms with Crippen LogP contribution in [0.25, 0.3) is 10.8 Å². The Bertz CT molecular complexity index is 1690. The van der Waals surface area contributed by atoms with Crippen LogP contribution in [0, 0.1) is 0 Å². The standard InChI is InChI=1S/C32H38N5O5P/c1-32(2,3)20-17-25(29(40-4)27(18-20)43(5,6)39)36-31(38)35-24-11-12-26(23-10-8-7-9-22(23)24)42-28-13-15-33-30(37-28)34-21-14-16-41-19-21/h7-13,15,17-18,21H,14,16,19H2,1-6H3,(H,33,34,37)(H2,35,36,38)/t21-/m1/s1. The molecule has 43 heavy (non-hydrogen) atoms. The van der Waals surface area contributed by atoms with Crippen LogP contribution in [0.15, 0.2) is 60.8 Å². The van der Waals surface area contributed by atoms with Gasteiger partial charge in [0, 0.05) is 29.6 Å². The van der Waals surface area contributed by atoms with E-state index in [1.165, 1.54) is 7.11 Å². The van der Waals surface area contributed by atoms with E-state index in [0.717, 1.165) is 29.4 Å². The highest BCUT2D eigenvalue weighted by atomic mass is 31.2. The molecule has 1 saturated heterocycles. The van der Waals surface area contributed by atoms with Crippen LogP contribution in [0.3, 0.4) is 0 Å². The maximum atomic E-state index is 13.4. The summed E-state index contributed by atoms with van der Waals surface area (Å²) < 4.78 is 30.4. The minimum atomic E-state index is -2.71. The number of nitrogens with zero attached hydrogens (tertiary/aromatic N) is 2.